The molecular weight excluding hydrogens is 160 g/mol. The van der Waals surface area contributed by atoms with E-state index in [1.165, 1.54) is 0 Å². The van der Waals surface area contributed by atoms with Crippen molar-refractivity contribution < 1.29 is 4.42 Å². The maximum Gasteiger partial charge on any atom is 0.105 e. The van der Waals surface area contributed by atoms with Crippen LogP contribution in [0, 0.1) is 0 Å². The summed E-state index contributed by atoms with van der Waals surface area (Å²) in [6, 6.07) is 3.86. The predicted octanol–water partition coefficient (Wildman–Crippen LogP) is 3.23. The lowest BCUT2D eigenvalue weighted by Gasteiger charge is -2.03. The van der Waals surface area contributed by atoms with Crippen molar-refractivity contribution in [1.29, 1.82) is 0 Å². The molecule has 0 fully saturated rings. The third-order valence-electron chi connectivity index (χ3n) is 1.60. The molecule has 0 saturated heterocycles. The zero-order valence-corrected chi connectivity index (χ0v) is 7.47. The highest BCUT2D eigenvalue weighted by atomic mass is 35.5. The summed E-state index contributed by atoms with van der Waals surface area (Å²) < 4.78 is 5.17. The Bertz CT molecular complexity index is 181. The van der Waals surface area contributed by atoms with E-state index >= 15 is 0 Å². The van der Waals surface area contributed by atoms with Crippen molar-refractivity contribution in [2.75, 3.05) is 0 Å². The van der Waals surface area contributed by atoms with Gasteiger partial charge in [-0.25, -0.2) is 0 Å². The summed E-state index contributed by atoms with van der Waals surface area (Å²) >= 11 is 6.01. The molecule has 2 heteroatoms. The van der Waals surface area contributed by atoms with E-state index in [1.54, 1.807) is 6.26 Å². The highest BCUT2D eigenvalue weighted by Gasteiger charge is 2.05. The van der Waals surface area contributed by atoms with Crippen LogP contribution in [0.5, 0.6) is 0 Å². The lowest BCUT2D eigenvalue weighted by Crippen LogP contribution is -2.01. The van der Waals surface area contributed by atoms with Crippen molar-refractivity contribution in [3.05, 3.63) is 24.2 Å². The molecule has 0 N–H and O–H groups in total. The summed E-state index contributed by atoms with van der Waals surface area (Å²) in [7, 11) is 0. The van der Waals surface area contributed by atoms with Crippen molar-refractivity contribution in [1.82, 2.24) is 0 Å². The Morgan fingerprint density at radius 2 is 2.45 bits per heavy atom. The van der Waals surface area contributed by atoms with E-state index in [9.17, 15) is 0 Å². The molecule has 1 nitrogen and oxygen atoms in total. The van der Waals surface area contributed by atoms with Crippen molar-refractivity contribution in [2.24, 2.45) is 0 Å². The summed E-state index contributed by atoms with van der Waals surface area (Å²) in [6.07, 6.45) is 4.73. The molecule has 0 aromatic carbocycles. The SMILES string of the molecule is CCCC(Cl)Cc1ccco1. The number of hydrogen-bond acceptors (Lipinski definition) is 1. The molecule has 0 spiro atoms. The Labute approximate surface area is 72.4 Å². The first-order chi connectivity index (χ1) is 5.33. The molecule has 0 aliphatic heterocycles. The summed E-state index contributed by atoms with van der Waals surface area (Å²) in [4.78, 5) is 0. The van der Waals surface area contributed by atoms with Crippen LogP contribution in [-0.4, -0.2) is 5.38 Å². The van der Waals surface area contributed by atoms with Crippen LogP contribution >= 0.6 is 11.6 Å². The van der Waals surface area contributed by atoms with Crippen LogP contribution in [0.1, 0.15) is 25.5 Å². The normalized spacial score (nSPS) is 13.3. The zero-order valence-electron chi connectivity index (χ0n) is 6.72. The van der Waals surface area contributed by atoms with Gasteiger partial charge in [-0.05, 0) is 18.6 Å². The molecule has 1 heterocycles. The number of furan rings is 1. The first-order valence-electron chi connectivity index (χ1n) is 3.99. The molecule has 1 aromatic rings. The molecule has 1 aromatic heterocycles. The molecule has 62 valence electrons. The monoisotopic (exact) mass is 172 g/mol. The molecule has 1 unspecified atom stereocenters. The number of hydrogen-bond donors (Lipinski definition) is 0. The molecule has 11 heavy (non-hydrogen) atoms. The van der Waals surface area contributed by atoms with E-state index in [2.05, 4.69) is 6.92 Å². The van der Waals surface area contributed by atoms with Crippen molar-refractivity contribution in [3.63, 3.8) is 0 Å². The van der Waals surface area contributed by atoms with Crippen LogP contribution in [0.3, 0.4) is 0 Å². The van der Waals surface area contributed by atoms with Gasteiger partial charge in [-0.3, -0.25) is 0 Å². The van der Waals surface area contributed by atoms with E-state index in [1.807, 2.05) is 12.1 Å². The second-order valence-electron chi connectivity index (χ2n) is 2.67. The van der Waals surface area contributed by atoms with Crippen molar-refractivity contribution >= 4 is 11.6 Å². The van der Waals surface area contributed by atoms with Gasteiger partial charge in [-0.15, -0.1) is 11.6 Å². The molecule has 1 rings (SSSR count). The van der Waals surface area contributed by atoms with Gasteiger partial charge < -0.3 is 4.42 Å². The smallest absolute Gasteiger partial charge is 0.105 e. The van der Waals surface area contributed by atoms with Crippen LogP contribution < -0.4 is 0 Å². The van der Waals surface area contributed by atoms with Crippen LogP contribution in [0.4, 0.5) is 0 Å². The summed E-state index contributed by atoms with van der Waals surface area (Å²) in [5, 5.41) is 0.228. The van der Waals surface area contributed by atoms with E-state index in [-0.39, 0.29) is 5.38 Å². The molecule has 0 aliphatic rings. The van der Waals surface area contributed by atoms with E-state index in [0.717, 1.165) is 25.0 Å². The van der Waals surface area contributed by atoms with Gasteiger partial charge in [0, 0.05) is 11.8 Å². The second kappa shape index (κ2) is 4.45. The van der Waals surface area contributed by atoms with E-state index in [4.69, 9.17) is 16.0 Å². The van der Waals surface area contributed by atoms with Crippen LogP contribution in [0.15, 0.2) is 22.8 Å². The van der Waals surface area contributed by atoms with Crippen molar-refractivity contribution in [3.8, 4) is 0 Å². The lowest BCUT2D eigenvalue weighted by molar-refractivity contribution is 0.499. The van der Waals surface area contributed by atoms with Gasteiger partial charge in [-0.1, -0.05) is 13.3 Å². The Morgan fingerprint density at radius 3 is 3.00 bits per heavy atom. The van der Waals surface area contributed by atoms with E-state index < -0.39 is 0 Å². The molecule has 0 bridgehead atoms. The van der Waals surface area contributed by atoms with Crippen LogP contribution in [0.2, 0.25) is 0 Å². The molecule has 0 amide bonds. The molecule has 0 saturated carbocycles. The van der Waals surface area contributed by atoms with E-state index in [0.29, 0.717) is 0 Å². The van der Waals surface area contributed by atoms with Crippen LogP contribution in [0.25, 0.3) is 0 Å². The molecular formula is C9H13ClO. The lowest BCUT2D eigenvalue weighted by atomic mass is 10.2. The Hall–Kier alpha value is -0.430. The topological polar surface area (TPSA) is 13.1 Å². The zero-order chi connectivity index (χ0) is 8.10. The van der Waals surface area contributed by atoms with Gasteiger partial charge >= 0.3 is 0 Å². The van der Waals surface area contributed by atoms with Gasteiger partial charge in [0.15, 0.2) is 0 Å². The minimum atomic E-state index is 0.228. The third-order valence-corrected chi connectivity index (χ3v) is 1.98. The Balaban J connectivity index is 2.31. The predicted molar refractivity (Wildman–Crippen MR) is 47.0 cm³/mol. The fourth-order valence-corrected chi connectivity index (χ4v) is 1.43. The fourth-order valence-electron chi connectivity index (χ4n) is 1.06. The molecule has 0 radical (unpaired) electrons. The number of halogens is 1. The number of rotatable bonds is 4. The van der Waals surface area contributed by atoms with Crippen LogP contribution in [-0.2, 0) is 6.42 Å². The maximum absolute atomic E-state index is 6.01. The second-order valence-corrected chi connectivity index (χ2v) is 3.29. The average Bonchev–Trinajstić information content (AvgIpc) is 2.40. The van der Waals surface area contributed by atoms with Gasteiger partial charge in [0.25, 0.3) is 0 Å². The Morgan fingerprint density at radius 1 is 1.64 bits per heavy atom. The summed E-state index contributed by atoms with van der Waals surface area (Å²) in [6.45, 7) is 2.14. The van der Waals surface area contributed by atoms with Gasteiger partial charge in [0.2, 0.25) is 0 Å². The molecule has 0 aliphatic carbocycles. The Kier molecular flexibility index (Phi) is 3.50. The minimum Gasteiger partial charge on any atom is -0.469 e. The maximum atomic E-state index is 6.01. The summed E-state index contributed by atoms with van der Waals surface area (Å²) in [5.74, 6) is 0.985. The van der Waals surface area contributed by atoms with Gasteiger partial charge in [-0.2, -0.15) is 0 Å². The standard InChI is InChI=1S/C9H13ClO/c1-2-4-8(10)7-9-5-3-6-11-9/h3,5-6,8H,2,4,7H2,1H3. The number of alkyl halides is 1. The van der Waals surface area contributed by atoms with Gasteiger partial charge in [0.05, 0.1) is 6.26 Å². The third kappa shape index (κ3) is 2.98. The first kappa shape index (κ1) is 8.66. The van der Waals surface area contributed by atoms with Crippen molar-refractivity contribution in [2.45, 2.75) is 31.6 Å². The first-order valence-corrected chi connectivity index (χ1v) is 4.43. The highest BCUT2D eigenvalue weighted by Crippen LogP contribution is 2.12. The average molecular weight is 173 g/mol. The highest BCUT2D eigenvalue weighted by molar-refractivity contribution is 6.20. The molecule has 1 atom stereocenters. The quantitative estimate of drug-likeness (QED) is 0.636. The van der Waals surface area contributed by atoms with Gasteiger partial charge in [0.1, 0.15) is 5.76 Å². The summed E-state index contributed by atoms with van der Waals surface area (Å²) in [5.41, 5.74) is 0. The minimum absolute atomic E-state index is 0.228. The fraction of sp³-hybridized carbons (Fsp3) is 0.556. The largest absolute Gasteiger partial charge is 0.469 e.